The van der Waals surface area contributed by atoms with E-state index < -0.39 is 16.1 Å². The Morgan fingerprint density at radius 1 is 1.16 bits per heavy atom. The number of hydrogen-bond acceptors (Lipinski definition) is 6. The second-order valence-electron chi connectivity index (χ2n) is 9.30. The van der Waals surface area contributed by atoms with Gasteiger partial charge < -0.3 is 14.4 Å². The largest absolute Gasteiger partial charge is 0.491 e. The van der Waals surface area contributed by atoms with Gasteiger partial charge in [0.1, 0.15) is 18.2 Å². The maximum atomic E-state index is 13.8. The molecule has 3 aromatic rings. The van der Waals surface area contributed by atoms with Crippen LogP contribution in [0.2, 0.25) is 5.02 Å². The molecule has 3 heterocycles. The molecule has 0 unspecified atom stereocenters. The summed E-state index contributed by atoms with van der Waals surface area (Å²) in [6.07, 6.45) is 1.99. The van der Waals surface area contributed by atoms with Crippen LogP contribution in [0, 0.1) is 5.82 Å². The molecule has 1 aromatic heterocycles. The third-order valence-electron chi connectivity index (χ3n) is 6.83. The van der Waals surface area contributed by atoms with Gasteiger partial charge in [0.2, 0.25) is 15.9 Å². The predicted octanol–water partition coefficient (Wildman–Crippen LogP) is 4.92. The Morgan fingerprint density at radius 3 is 2.63 bits per heavy atom. The van der Waals surface area contributed by atoms with Crippen LogP contribution in [0.1, 0.15) is 29.3 Å². The maximum absolute atomic E-state index is 13.8. The number of hydrogen-bond donors (Lipinski definition) is 0. The van der Waals surface area contributed by atoms with E-state index in [0.717, 1.165) is 18.4 Å². The van der Waals surface area contributed by atoms with Crippen LogP contribution in [-0.4, -0.2) is 62.5 Å². The first-order chi connectivity index (χ1) is 18.3. The van der Waals surface area contributed by atoms with Crippen LogP contribution in [-0.2, 0) is 26.0 Å². The fourth-order valence-corrected chi connectivity index (χ4v) is 7.32. The topological polar surface area (TPSA) is 76.2 Å². The number of halogens is 2. The number of amides is 1. The number of sulfonamides is 1. The van der Waals surface area contributed by atoms with Crippen molar-refractivity contribution in [2.24, 2.45) is 0 Å². The van der Waals surface area contributed by atoms with E-state index in [4.69, 9.17) is 21.1 Å². The van der Waals surface area contributed by atoms with Gasteiger partial charge in [-0.3, -0.25) is 4.79 Å². The summed E-state index contributed by atoms with van der Waals surface area (Å²) < 4.78 is 53.5. The van der Waals surface area contributed by atoms with Crippen LogP contribution in [0.25, 0.3) is 0 Å². The van der Waals surface area contributed by atoms with Crippen molar-refractivity contribution >= 4 is 38.9 Å². The van der Waals surface area contributed by atoms with Crippen LogP contribution < -0.4 is 4.74 Å². The first-order valence-electron chi connectivity index (χ1n) is 12.4. The van der Waals surface area contributed by atoms with Crippen molar-refractivity contribution in [2.45, 2.75) is 36.3 Å². The molecular weight excluding hydrogens is 551 g/mol. The van der Waals surface area contributed by atoms with Gasteiger partial charge in [0, 0.05) is 29.6 Å². The Morgan fingerprint density at radius 2 is 1.92 bits per heavy atom. The van der Waals surface area contributed by atoms with Gasteiger partial charge in [0.05, 0.1) is 23.6 Å². The van der Waals surface area contributed by atoms with Crippen molar-refractivity contribution in [3.8, 4) is 5.75 Å². The minimum atomic E-state index is -3.98. The quantitative estimate of drug-likeness (QED) is 0.360. The number of fused-ring (bicyclic) bond motifs is 1. The minimum absolute atomic E-state index is 0.0719. The first-order valence-corrected chi connectivity index (χ1v) is 15.1. The molecule has 0 aliphatic carbocycles. The van der Waals surface area contributed by atoms with Crippen molar-refractivity contribution in [3.05, 3.63) is 81.3 Å². The Balaban J connectivity index is 1.38. The monoisotopic (exact) mass is 578 g/mol. The summed E-state index contributed by atoms with van der Waals surface area (Å²) >= 11 is 7.60. The fourth-order valence-electron chi connectivity index (χ4n) is 4.84. The van der Waals surface area contributed by atoms with Gasteiger partial charge >= 0.3 is 0 Å². The smallest absolute Gasteiger partial charge is 0.243 e. The van der Waals surface area contributed by atoms with Crippen LogP contribution in [0.15, 0.2) is 64.9 Å². The number of rotatable bonds is 9. The number of ether oxygens (including phenoxy) is 2. The first kappa shape index (κ1) is 27.1. The lowest BCUT2D eigenvalue weighted by atomic mass is 10.0. The van der Waals surface area contributed by atoms with E-state index in [1.165, 1.54) is 45.6 Å². The van der Waals surface area contributed by atoms with Crippen molar-refractivity contribution in [1.29, 1.82) is 0 Å². The highest BCUT2D eigenvalue weighted by Crippen LogP contribution is 2.34. The molecule has 7 nitrogen and oxygen atoms in total. The molecule has 0 saturated carbocycles. The summed E-state index contributed by atoms with van der Waals surface area (Å²) in [5.41, 5.74) is 0.989. The molecule has 11 heteroatoms. The van der Waals surface area contributed by atoms with E-state index in [0.29, 0.717) is 30.3 Å². The molecule has 0 bridgehead atoms. The molecule has 202 valence electrons. The summed E-state index contributed by atoms with van der Waals surface area (Å²) in [4.78, 5) is 16.7. The average molecular weight is 579 g/mol. The lowest BCUT2D eigenvalue weighted by Crippen LogP contribution is -2.49. The van der Waals surface area contributed by atoms with E-state index in [-0.39, 0.29) is 42.4 Å². The Bertz CT molecular complexity index is 1360. The number of benzene rings is 2. The molecule has 2 aliphatic rings. The maximum Gasteiger partial charge on any atom is 0.243 e. The van der Waals surface area contributed by atoms with Crippen molar-refractivity contribution in [2.75, 3.05) is 32.8 Å². The van der Waals surface area contributed by atoms with Crippen LogP contribution >= 0.6 is 22.9 Å². The van der Waals surface area contributed by atoms with E-state index >= 15 is 0 Å². The average Bonchev–Trinajstić information content (AvgIpc) is 3.60. The molecule has 1 saturated heterocycles. The third kappa shape index (κ3) is 6.05. The van der Waals surface area contributed by atoms with Crippen molar-refractivity contribution in [3.63, 3.8) is 0 Å². The normalized spacial score (nSPS) is 19.5. The SMILES string of the molecule is O=C(CN(C[C@H]1CCCO1)S(=O)(=O)c1ccc(Cl)cc1)N1CCc2sccc2[C@@H]1COc1ccc(F)cc1. The minimum Gasteiger partial charge on any atom is -0.491 e. The summed E-state index contributed by atoms with van der Waals surface area (Å²) in [5.74, 6) is -0.184. The van der Waals surface area contributed by atoms with Gasteiger partial charge in [-0.2, -0.15) is 4.31 Å². The van der Waals surface area contributed by atoms with Crippen LogP contribution in [0.3, 0.4) is 0 Å². The number of thiophene rings is 1. The van der Waals surface area contributed by atoms with E-state index in [1.54, 1.807) is 28.4 Å². The fraction of sp³-hybridized carbons (Fsp3) is 0.370. The summed E-state index contributed by atoms with van der Waals surface area (Å²) in [6.45, 7) is 0.945. The lowest BCUT2D eigenvalue weighted by Gasteiger charge is -2.37. The molecule has 0 spiro atoms. The van der Waals surface area contributed by atoms with Crippen molar-refractivity contribution in [1.82, 2.24) is 9.21 Å². The summed E-state index contributed by atoms with van der Waals surface area (Å²) in [7, 11) is -3.98. The second-order valence-corrected chi connectivity index (χ2v) is 12.7. The molecule has 0 radical (unpaired) electrons. The lowest BCUT2D eigenvalue weighted by molar-refractivity contribution is -0.135. The van der Waals surface area contributed by atoms with Gasteiger partial charge in [0.25, 0.3) is 0 Å². The van der Waals surface area contributed by atoms with E-state index in [9.17, 15) is 17.6 Å². The molecule has 0 N–H and O–H groups in total. The molecule has 1 fully saturated rings. The van der Waals surface area contributed by atoms with Crippen LogP contribution in [0.4, 0.5) is 4.39 Å². The predicted molar refractivity (Wildman–Crippen MR) is 144 cm³/mol. The zero-order chi connectivity index (χ0) is 26.7. The highest BCUT2D eigenvalue weighted by Gasteiger charge is 2.36. The van der Waals surface area contributed by atoms with E-state index in [2.05, 4.69) is 0 Å². The van der Waals surface area contributed by atoms with Gasteiger partial charge in [-0.25, -0.2) is 12.8 Å². The number of nitrogens with zero attached hydrogens (tertiary/aromatic N) is 2. The van der Waals surface area contributed by atoms with Gasteiger partial charge in [-0.15, -0.1) is 11.3 Å². The highest BCUT2D eigenvalue weighted by atomic mass is 35.5. The molecular formula is C27H28ClFN2O5S2. The number of carbonyl (C=O) groups is 1. The van der Waals surface area contributed by atoms with Crippen LogP contribution in [0.5, 0.6) is 5.75 Å². The van der Waals surface area contributed by atoms with Gasteiger partial charge in [-0.1, -0.05) is 11.6 Å². The standard InChI is InChI=1S/C27H28ClFN2O5S2/c28-19-3-9-23(10-4-19)38(33,34)30(16-22-2-1-14-35-22)17-27(32)31-13-11-26-24(12-15-37-26)25(31)18-36-21-7-5-20(29)6-8-21/h3-10,12,15,22,25H,1-2,11,13-14,16-18H2/t22-,25+/m1/s1. The molecule has 2 aliphatic heterocycles. The molecule has 38 heavy (non-hydrogen) atoms. The molecule has 2 aromatic carbocycles. The molecule has 2 atom stereocenters. The second kappa shape index (κ2) is 11.7. The molecule has 1 amide bonds. The highest BCUT2D eigenvalue weighted by molar-refractivity contribution is 7.89. The Kier molecular flexibility index (Phi) is 8.35. The Labute approximate surface area is 230 Å². The summed E-state index contributed by atoms with van der Waals surface area (Å²) in [6, 6.07) is 13.2. The zero-order valence-corrected chi connectivity index (χ0v) is 23.0. The van der Waals surface area contributed by atoms with E-state index in [1.807, 2.05) is 11.4 Å². The van der Waals surface area contributed by atoms with Gasteiger partial charge in [0.15, 0.2) is 0 Å². The van der Waals surface area contributed by atoms with Gasteiger partial charge in [-0.05, 0) is 84.8 Å². The Hall–Kier alpha value is -2.50. The number of carbonyl (C=O) groups excluding carboxylic acids is 1. The third-order valence-corrected chi connectivity index (χ3v) is 9.91. The summed E-state index contributed by atoms with van der Waals surface area (Å²) in [5, 5.41) is 2.41. The molecule has 5 rings (SSSR count). The van der Waals surface area contributed by atoms with Crippen molar-refractivity contribution < 1.29 is 27.1 Å². The zero-order valence-electron chi connectivity index (χ0n) is 20.6.